The van der Waals surface area contributed by atoms with Crippen LogP contribution >= 0.6 is 15.9 Å². The molecular formula is C16H23BrN2O. The van der Waals surface area contributed by atoms with Crippen LogP contribution in [0.15, 0.2) is 22.7 Å². The molecule has 2 fully saturated rings. The van der Waals surface area contributed by atoms with Crippen molar-refractivity contribution in [2.45, 2.75) is 38.0 Å². The van der Waals surface area contributed by atoms with Gasteiger partial charge in [-0.25, -0.2) is 0 Å². The summed E-state index contributed by atoms with van der Waals surface area (Å²) in [5.41, 5.74) is 2.62. The molecule has 1 aromatic carbocycles. The van der Waals surface area contributed by atoms with Crippen molar-refractivity contribution in [3.05, 3.63) is 33.8 Å². The van der Waals surface area contributed by atoms with E-state index < -0.39 is 0 Å². The van der Waals surface area contributed by atoms with Crippen molar-refractivity contribution in [1.29, 1.82) is 0 Å². The number of hydrogen-bond acceptors (Lipinski definition) is 3. The number of ether oxygens (including phenoxy) is 1. The Balaban J connectivity index is 1.80. The number of halogens is 1. The van der Waals surface area contributed by atoms with Crippen LogP contribution in [0.1, 0.15) is 30.0 Å². The Bertz CT molecular complexity index is 476. The van der Waals surface area contributed by atoms with Crippen molar-refractivity contribution in [1.82, 2.24) is 10.2 Å². The summed E-state index contributed by atoms with van der Waals surface area (Å²) in [4.78, 5) is 2.41. The van der Waals surface area contributed by atoms with Crippen LogP contribution in [-0.2, 0) is 4.74 Å². The average Bonchev–Trinajstić information content (AvgIpc) is 3.22. The zero-order valence-electron chi connectivity index (χ0n) is 12.2. The maximum absolute atomic E-state index is 6.05. The first-order valence-electron chi connectivity index (χ1n) is 7.46. The summed E-state index contributed by atoms with van der Waals surface area (Å²) < 4.78 is 7.24. The summed E-state index contributed by atoms with van der Waals surface area (Å²) in [6, 6.07) is 7.68. The summed E-state index contributed by atoms with van der Waals surface area (Å²) in [6.45, 7) is 4.89. The molecule has 3 nitrogen and oxygen atoms in total. The van der Waals surface area contributed by atoms with Crippen molar-refractivity contribution in [3.8, 4) is 0 Å². The van der Waals surface area contributed by atoms with Gasteiger partial charge in [-0.05, 0) is 44.0 Å². The van der Waals surface area contributed by atoms with E-state index in [4.69, 9.17) is 4.74 Å². The predicted molar refractivity (Wildman–Crippen MR) is 85.0 cm³/mol. The molecule has 4 heteroatoms. The van der Waals surface area contributed by atoms with Crippen LogP contribution in [0.3, 0.4) is 0 Å². The van der Waals surface area contributed by atoms with E-state index in [-0.39, 0.29) is 6.10 Å². The van der Waals surface area contributed by atoms with Gasteiger partial charge in [0.05, 0.1) is 18.8 Å². The minimum Gasteiger partial charge on any atom is -0.374 e. The van der Waals surface area contributed by atoms with Crippen LogP contribution < -0.4 is 5.32 Å². The highest BCUT2D eigenvalue weighted by Gasteiger charge is 2.33. The molecule has 3 rings (SSSR count). The van der Waals surface area contributed by atoms with Gasteiger partial charge in [0.15, 0.2) is 0 Å². The monoisotopic (exact) mass is 338 g/mol. The fraction of sp³-hybridized carbons (Fsp3) is 0.625. The van der Waals surface area contributed by atoms with Crippen LogP contribution in [0.2, 0.25) is 0 Å². The number of nitrogens with zero attached hydrogens (tertiary/aromatic N) is 1. The van der Waals surface area contributed by atoms with Gasteiger partial charge in [0, 0.05) is 23.6 Å². The van der Waals surface area contributed by atoms with Gasteiger partial charge >= 0.3 is 0 Å². The first-order chi connectivity index (χ1) is 9.65. The Morgan fingerprint density at radius 1 is 1.40 bits per heavy atom. The molecule has 1 N–H and O–H groups in total. The minimum absolute atomic E-state index is 0.230. The molecule has 2 unspecified atom stereocenters. The zero-order valence-corrected chi connectivity index (χ0v) is 13.8. The fourth-order valence-corrected chi connectivity index (χ4v) is 3.64. The standard InChI is InChI=1S/C16H23BrN2O/c1-11-3-6-13(14(17)9-11)16-15(10-18-12-4-5-12)20-8-7-19(16)2/h3,6,9,12,15-16,18H,4-5,7-8,10H2,1-2H3. The third-order valence-electron chi connectivity index (χ3n) is 4.26. The van der Waals surface area contributed by atoms with Crippen molar-refractivity contribution in [2.75, 3.05) is 26.7 Å². The maximum atomic E-state index is 6.05. The highest BCUT2D eigenvalue weighted by Crippen LogP contribution is 2.34. The van der Waals surface area contributed by atoms with E-state index in [2.05, 4.69) is 58.3 Å². The van der Waals surface area contributed by atoms with Gasteiger partial charge in [0.1, 0.15) is 0 Å². The summed E-state index contributed by atoms with van der Waals surface area (Å²) in [5, 5.41) is 3.61. The van der Waals surface area contributed by atoms with Crippen LogP contribution in [-0.4, -0.2) is 43.8 Å². The number of hydrogen-bond donors (Lipinski definition) is 1. The van der Waals surface area contributed by atoms with Crippen LogP contribution in [0.25, 0.3) is 0 Å². The SMILES string of the molecule is Cc1ccc(C2C(CNC3CC3)OCCN2C)c(Br)c1. The quantitative estimate of drug-likeness (QED) is 0.913. The van der Waals surface area contributed by atoms with Gasteiger partial charge in [-0.15, -0.1) is 0 Å². The number of benzene rings is 1. The third kappa shape index (κ3) is 3.25. The first-order valence-corrected chi connectivity index (χ1v) is 8.26. The maximum Gasteiger partial charge on any atom is 0.0896 e. The van der Waals surface area contributed by atoms with E-state index in [0.717, 1.165) is 25.7 Å². The summed E-state index contributed by atoms with van der Waals surface area (Å²) >= 11 is 3.73. The van der Waals surface area contributed by atoms with Gasteiger partial charge in [-0.2, -0.15) is 0 Å². The van der Waals surface area contributed by atoms with Crippen molar-refractivity contribution in [3.63, 3.8) is 0 Å². The summed E-state index contributed by atoms with van der Waals surface area (Å²) in [6.07, 6.45) is 2.87. The molecule has 0 spiro atoms. The Morgan fingerprint density at radius 3 is 2.90 bits per heavy atom. The minimum atomic E-state index is 0.230. The lowest BCUT2D eigenvalue weighted by atomic mass is 9.97. The molecule has 2 atom stereocenters. The highest BCUT2D eigenvalue weighted by atomic mass is 79.9. The van der Waals surface area contributed by atoms with Crippen molar-refractivity contribution < 1.29 is 4.74 Å². The summed E-state index contributed by atoms with van der Waals surface area (Å²) in [7, 11) is 2.20. The number of aryl methyl sites for hydroxylation is 1. The third-order valence-corrected chi connectivity index (χ3v) is 4.95. The fourth-order valence-electron chi connectivity index (χ4n) is 2.91. The normalized spacial score (nSPS) is 27.8. The van der Waals surface area contributed by atoms with Gasteiger partial charge in [-0.3, -0.25) is 4.90 Å². The smallest absolute Gasteiger partial charge is 0.0896 e. The van der Waals surface area contributed by atoms with E-state index in [1.165, 1.54) is 28.4 Å². The molecule has 0 amide bonds. The van der Waals surface area contributed by atoms with Crippen LogP contribution in [0.4, 0.5) is 0 Å². The molecule has 1 aliphatic heterocycles. The second kappa shape index (κ2) is 6.14. The molecule has 1 saturated heterocycles. The average molecular weight is 339 g/mol. The first kappa shape index (κ1) is 14.5. The van der Waals surface area contributed by atoms with Crippen LogP contribution in [0.5, 0.6) is 0 Å². The van der Waals surface area contributed by atoms with E-state index in [0.29, 0.717) is 6.04 Å². The molecule has 110 valence electrons. The van der Waals surface area contributed by atoms with E-state index in [1.54, 1.807) is 0 Å². The molecule has 20 heavy (non-hydrogen) atoms. The van der Waals surface area contributed by atoms with Gasteiger partial charge < -0.3 is 10.1 Å². The molecule has 0 aromatic heterocycles. The number of nitrogens with one attached hydrogen (secondary N) is 1. The molecule has 2 aliphatic rings. The van der Waals surface area contributed by atoms with Crippen molar-refractivity contribution in [2.24, 2.45) is 0 Å². The van der Waals surface area contributed by atoms with E-state index in [1.807, 2.05) is 0 Å². The predicted octanol–water partition coefficient (Wildman–Crippen LogP) is 2.88. The van der Waals surface area contributed by atoms with E-state index in [9.17, 15) is 0 Å². The lowest BCUT2D eigenvalue weighted by molar-refractivity contribution is -0.0617. The second-order valence-electron chi connectivity index (χ2n) is 6.04. The molecule has 0 bridgehead atoms. The number of morpholine rings is 1. The lowest BCUT2D eigenvalue weighted by Gasteiger charge is -2.40. The molecule has 1 heterocycles. The topological polar surface area (TPSA) is 24.5 Å². The Kier molecular flexibility index (Phi) is 4.46. The lowest BCUT2D eigenvalue weighted by Crippen LogP contribution is -2.47. The van der Waals surface area contributed by atoms with Crippen molar-refractivity contribution >= 4 is 15.9 Å². The van der Waals surface area contributed by atoms with Gasteiger partial charge in [-0.1, -0.05) is 28.1 Å². The van der Waals surface area contributed by atoms with E-state index >= 15 is 0 Å². The zero-order chi connectivity index (χ0) is 14.1. The second-order valence-corrected chi connectivity index (χ2v) is 6.90. The molecular weight excluding hydrogens is 316 g/mol. The molecule has 1 aliphatic carbocycles. The van der Waals surface area contributed by atoms with Crippen LogP contribution in [0, 0.1) is 6.92 Å². The van der Waals surface area contributed by atoms with Gasteiger partial charge in [0.2, 0.25) is 0 Å². The molecule has 1 aromatic rings. The number of likely N-dealkylation sites (N-methyl/N-ethyl adjacent to an activating group) is 1. The Labute approximate surface area is 129 Å². The molecule has 0 radical (unpaired) electrons. The highest BCUT2D eigenvalue weighted by molar-refractivity contribution is 9.10. The Morgan fingerprint density at radius 2 is 2.20 bits per heavy atom. The Hall–Kier alpha value is -0.420. The number of rotatable bonds is 4. The summed E-state index contributed by atoms with van der Waals surface area (Å²) in [5.74, 6) is 0. The van der Waals surface area contributed by atoms with Gasteiger partial charge in [0.25, 0.3) is 0 Å². The largest absolute Gasteiger partial charge is 0.374 e. The molecule has 1 saturated carbocycles.